The quantitative estimate of drug-likeness (QED) is 0.857. The molecule has 3 nitrogen and oxygen atoms in total. The first-order valence-corrected chi connectivity index (χ1v) is 5.21. The van der Waals surface area contributed by atoms with Crippen LogP contribution in [0.1, 0.15) is 13.8 Å². The van der Waals surface area contributed by atoms with Crippen molar-refractivity contribution < 1.29 is 9.53 Å². The highest BCUT2D eigenvalue weighted by Crippen LogP contribution is 2.24. The minimum atomic E-state index is -0.537. The van der Waals surface area contributed by atoms with Crippen LogP contribution in [0.3, 0.4) is 0 Å². The number of halogens is 1. The molecule has 0 aliphatic carbocycles. The lowest BCUT2D eigenvalue weighted by molar-refractivity contribution is -0.127. The van der Waals surface area contributed by atoms with Gasteiger partial charge in [0, 0.05) is 6.54 Å². The molecule has 1 atom stereocenters. The van der Waals surface area contributed by atoms with E-state index in [9.17, 15) is 4.79 Å². The minimum absolute atomic E-state index is 0.141. The van der Waals surface area contributed by atoms with Gasteiger partial charge in [-0.3, -0.25) is 4.79 Å². The molecule has 15 heavy (non-hydrogen) atoms. The molecule has 1 amide bonds. The second-order valence-corrected chi connectivity index (χ2v) is 3.49. The molecule has 1 aromatic carbocycles. The van der Waals surface area contributed by atoms with Gasteiger partial charge in [0.05, 0.1) is 5.02 Å². The third-order valence-corrected chi connectivity index (χ3v) is 2.17. The van der Waals surface area contributed by atoms with Crippen LogP contribution in [-0.4, -0.2) is 18.6 Å². The number of amides is 1. The first-order valence-electron chi connectivity index (χ1n) is 4.84. The fourth-order valence-corrected chi connectivity index (χ4v) is 1.28. The standard InChI is InChI=1S/C11H14ClNO2/c1-3-13-11(14)8(2)15-10-7-5-4-6-9(10)12/h4-8H,3H2,1-2H3,(H,13,14). The zero-order valence-corrected chi connectivity index (χ0v) is 9.54. The monoisotopic (exact) mass is 227 g/mol. The number of carbonyl (C=O) groups is 1. The molecular weight excluding hydrogens is 214 g/mol. The molecule has 0 fully saturated rings. The Labute approximate surface area is 94.4 Å². The third-order valence-electron chi connectivity index (χ3n) is 1.86. The molecule has 1 rings (SSSR count). The number of nitrogens with one attached hydrogen (secondary N) is 1. The van der Waals surface area contributed by atoms with Crippen LogP contribution in [-0.2, 0) is 4.79 Å². The van der Waals surface area contributed by atoms with Gasteiger partial charge in [-0.25, -0.2) is 0 Å². The number of rotatable bonds is 4. The topological polar surface area (TPSA) is 38.3 Å². The second-order valence-electron chi connectivity index (χ2n) is 3.09. The van der Waals surface area contributed by atoms with Crippen molar-refractivity contribution in [2.45, 2.75) is 20.0 Å². The van der Waals surface area contributed by atoms with Crippen molar-refractivity contribution in [3.8, 4) is 5.75 Å². The largest absolute Gasteiger partial charge is 0.479 e. The summed E-state index contributed by atoms with van der Waals surface area (Å²) in [6.07, 6.45) is -0.537. The zero-order chi connectivity index (χ0) is 11.3. The van der Waals surface area contributed by atoms with Gasteiger partial charge in [0.25, 0.3) is 5.91 Å². The number of para-hydroxylation sites is 1. The summed E-state index contributed by atoms with van der Waals surface area (Å²) in [5.41, 5.74) is 0. The molecule has 0 radical (unpaired) electrons. The van der Waals surface area contributed by atoms with Crippen LogP contribution in [0.2, 0.25) is 5.02 Å². The van der Waals surface area contributed by atoms with Gasteiger partial charge in [0.1, 0.15) is 5.75 Å². The lowest BCUT2D eigenvalue weighted by atomic mass is 10.3. The van der Waals surface area contributed by atoms with Gasteiger partial charge >= 0.3 is 0 Å². The molecule has 0 saturated carbocycles. The summed E-state index contributed by atoms with van der Waals surface area (Å²) in [5.74, 6) is 0.385. The predicted molar refractivity (Wildman–Crippen MR) is 60.2 cm³/mol. The van der Waals surface area contributed by atoms with Crippen LogP contribution >= 0.6 is 11.6 Å². The highest BCUT2D eigenvalue weighted by Gasteiger charge is 2.14. The highest BCUT2D eigenvalue weighted by atomic mass is 35.5. The highest BCUT2D eigenvalue weighted by molar-refractivity contribution is 6.32. The average molecular weight is 228 g/mol. The fraction of sp³-hybridized carbons (Fsp3) is 0.364. The van der Waals surface area contributed by atoms with Crippen LogP contribution in [0.5, 0.6) is 5.75 Å². The number of ether oxygens (including phenoxy) is 1. The number of benzene rings is 1. The SMILES string of the molecule is CCNC(=O)C(C)Oc1ccccc1Cl. The maximum atomic E-state index is 11.4. The van der Waals surface area contributed by atoms with Crippen molar-refractivity contribution >= 4 is 17.5 Å². The minimum Gasteiger partial charge on any atom is -0.479 e. The van der Waals surface area contributed by atoms with E-state index in [-0.39, 0.29) is 5.91 Å². The Morgan fingerprint density at radius 1 is 1.53 bits per heavy atom. The number of carbonyl (C=O) groups excluding carboxylic acids is 1. The smallest absolute Gasteiger partial charge is 0.260 e. The van der Waals surface area contributed by atoms with E-state index >= 15 is 0 Å². The summed E-state index contributed by atoms with van der Waals surface area (Å²) < 4.78 is 5.42. The van der Waals surface area contributed by atoms with Gasteiger partial charge < -0.3 is 10.1 Å². The van der Waals surface area contributed by atoms with Crippen molar-refractivity contribution in [2.24, 2.45) is 0 Å². The van der Waals surface area contributed by atoms with Gasteiger partial charge in [-0.2, -0.15) is 0 Å². The van der Waals surface area contributed by atoms with Crippen LogP contribution in [0.4, 0.5) is 0 Å². The number of likely N-dealkylation sites (N-methyl/N-ethyl adjacent to an activating group) is 1. The van der Waals surface area contributed by atoms with Crippen molar-refractivity contribution in [1.29, 1.82) is 0 Å². The third kappa shape index (κ3) is 3.44. The first-order chi connectivity index (χ1) is 7.15. The molecule has 82 valence electrons. The predicted octanol–water partition coefficient (Wildman–Crippen LogP) is 2.24. The van der Waals surface area contributed by atoms with E-state index in [0.29, 0.717) is 17.3 Å². The van der Waals surface area contributed by atoms with Crippen LogP contribution in [0.25, 0.3) is 0 Å². The normalized spacial score (nSPS) is 11.9. The fourth-order valence-electron chi connectivity index (χ4n) is 1.10. The second kappa shape index (κ2) is 5.61. The molecule has 0 heterocycles. The number of hydrogen-bond donors (Lipinski definition) is 1. The van der Waals surface area contributed by atoms with E-state index in [1.165, 1.54) is 0 Å². The summed E-state index contributed by atoms with van der Waals surface area (Å²) in [6.45, 7) is 4.14. The van der Waals surface area contributed by atoms with Crippen molar-refractivity contribution in [3.63, 3.8) is 0 Å². The molecule has 1 N–H and O–H groups in total. The molecule has 1 unspecified atom stereocenters. The number of hydrogen-bond acceptors (Lipinski definition) is 2. The van der Waals surface area contributed by atoms with E-state index in [2.05, 4.69) is 5.32 Å². The van der Waals surface area contributed by atoms with Crippen LogP contribution in [0.15, 0.2) is 24.3 Å². The first kappa shape index (κ1) is 11.9. The molecule has 0 aromatic heterocycles. The zero-order valence-electron chi connectivity index (χ0n) is 8.79. The van der Waals surface area contributed by atoms with Gasteiger partial charge in [0.15, 0.2) is 6.10 Å². The summed E-state index contributed by atoms with van der Waals surface area (Å²) in [6, 6.07) is 7.08. The Balaban J connectivity index is 2.62. The Kier molecular flexibility index (Phi) is 4.43. The molecule has 4 heteroatoms. The Hall–Kier alpha value is -1.22. The van der Waals surface area contributed by atoms with Gasteiger partial charge in [-0.15, -0.1) is 0 Å². The molecule has 0 saturated heterocycles. The van der Waals surface area contributed by atoms with E-state index < -0.39 is 6.10 Å². The van der Waals surface area contributed by atoms with E-state index in [4.69, 9.17) is 16.3 Å². The Morgan fingerprint density at radius 3 is 2.80 bits per heavy atom. The van der Waals surface area contributed by atoms with Crippen LogP contribution in [0, 0.1) is 0 Å². The van der Waals surface area contributed by atoms with Gasteiger partial charge in [0.2, 0.25) is 0 Å². The molecule has 0 aliphatic rings. The lowest BCUT2D eigenvalue weighted by Gasteiger charge is -2.14. The molecule has 0 bridgehead atoms. The molecule has 0 aliphatic heterocycles. The summed E-state index contributed by atoms with van der Waals surface area (Å²) in [4.78, 5) is 11.4. The van der Waals surface area contributed by atoms with Gasteiger partial charge in [-0.05, 0) is 26.0 Å². The van der Waals surface area contributed by atoms with Crippen molar-refractivity contribution in [2.75, 3.05) is 6.54 Å². The molecular formula is C11H14ClNO2. The van der Waals surface area contributed by atoms with E-state index in [0.717, 1.165) is 0 Å². The van der Waals surface area contributed by atoms with E-state index in [1.54, 1.807) is 19.1 Å². The molecule has 1 aromatic rings. The summed E-state index contributed by atoms with van der Waals surface area (Å²) in [5, 5.41) is 3.19. The lowest BCUT2D eigenvalue weighted by Crippen LogP contribution is -2.36. The molecule has 0 spiro atoms. The summed E-state index contributed by atoms with van der Waals surface area (Å²) in [7, 11) is 0. The Bertz CT molecular complexity index is 341. The summed E-state index contributed by atoms with van der Waals surface area (Å²) >= 11 is 5.89. The maximum Gasteiger partial charge on any atom is 0.260 e. The maximum absolute atomic E-state index is 11.4. The van der Waals surface area contributed by atoms with Crippen LogP contribution < -0.4 is 10.1 Å². The van der Waals surface area contributed by atoms with E-state index in [1.807, 2.05) is 19.1 Å². The van der Waals surface area contributed by atoms with Gasteiger partial charge in [-0.1, -0.05) is 23.7 Å². The Morgan fingerprint density at radius 2 is 2.20 bits per heavy atom. The van der Waals surface area contributed by atoms with Crippen molar-refractivity contribution in [1.82, 2.24) is 5.32 Å². The van der Waals surface area contributed by atoms with Crippen molar-refractivity contribution in [3.05, 3.63) is 29.3 Å². The average Bonchev–Trinajstić information content (AvgIpc) is 2.21.